The molecule has 1 heterocycles. The third kappa shape index (κ3) is 0.743. The Hall–Kier alpha value is 0.660. The van der Waals surface area contributed by atoms with Gasteiger partial charge < -0.3 is 4.55 Å². The second-order valence-corrected chi connectivity index (χ2v) is 4.91. The van der Waals surface area contributed by atoms with E-state index in [1.54, 1.807) is 0 Å². The Balaban J connectivity index is 2.20. The molecule has 1 aliphatic heterocycles. The number of hydrogen-bond donors (Lipinski definition) is 0. The van der Waals surface area contributed by atoms with Gasteiger partial charge in [0.1, 0.15) is 0 Å². The van der Waals surface area contributed by atoms with Crippen LogP contribution in [-0.4, -0.2) is 9.13 Å². The first-order chi connectivity index (χ1) is 2.30. The van der Waals surface area contributed by atoms with Gasteiger partial charge in [0.15, 0.2) is 10.8 Å². The molecule has 0 radical (unpaired) electrons. The lowest BCUT2D eigenvalue weighted by Crippen LogP contribution is -1.73. The molecule has 0 aromatic heterocycles. The Labute approximate surface area is 37.7 Å². The van der Waals surface area contributed by atoms with E-state index in [4.69, 9.17) is 0 Å². The Kier molecular flexibility index (Phi) is 0.816. The Morgan fingerprint density at radius 1 is 2.00 bits per heavy atom. The summed E-state index contributed by atoms with van der Waals surface area (Å²) in [6.07, 6.45) is 0. The normalized spacial score (nSPS) is 49.2. The highest BCUT2D eigenvalue weighted by atomic mass is 33.2. The van der Waals surface area contributed by atoms with Gasteiger partial charge in [0.25, 0.3) is 0 Å². The van der Waals surface area contributed by atoms with Crippen LogP contribution in [0, 0.1) is 0 Å². The molecule has 1 nitrogen and oxygen atoms in total. The standard InChI is InChI=1S/C2H4OS2/c1-2-4-5(2)3/h2H,1H3. The van der Waals surface area contributed by atoms with Crippen molar-refractivity contribution in [2.75, 3.05) is 0 Å². The van der Waals surface area contributed by atoms with Crippen molar-refractivity contribution in [2.45, 2.75) is 11.5 Å². The van der Waals surface area contributed by atoms with Crippen LogP contribution in [0.1, 0.15) is 6.92 Å². The zero-order valence-electron chi connectivity index (χ0n) is 2.80. The van der Waals surface area contributed by atoms with Crippen molar-refractivity contribution in [1.82, 2.24) is 0 Å². The van der Waals surface area contributed by atoms with E-state index in [0.717, 1.165) is 0 Å². The van der Waals surface area contributed by atoms with E-state index in [-0.39, 0.29) is 0 Å². The third-order valence-electron chi connectivity index (χ3n) is 0.463. The second-order valence-electron chi connectivity index (χ2n) is 0.924. The molecular weight excluding hydrogens is 104 g/mol. The largest absolute Gasteiger partial charge is 0.604 e. The highest BCUT2D eigenvalue weighted by molar-refractivity contribution is 8.88. The smallest absolute Gasteiger partial charge is 0.217 e. The molecule has 1 aliphatic rings. The van der Waals surface area contributed by atoms with Gasteiger partial charge in [0.2, 0.25) is 4.58 Å². The van der Waals surface area contributed by atoms with Crippen LogP contribution in [0.25, 0.3) is 0 Å². The van der Waals surface area contributed by atoms with E-state index in [0.29, 0.717) is 4.58 Å². The van der Waals surface area contributed by atoms with Crippen molar-refractivity contribution in [1.29, 1.82) is 0 Å². The lowest BCUT2D eigenvalue weighted by Gasteiger charge is -1.69. The van der Waals surface area contributed by atoms with Crippen LogP contribution in [0.2, 0.25) is 0 Å². The summed E-state index contributed by atoms with van der Waals surface area (Å²) >= 11 is 0. The van der Waals surface area contributed by atoms with Crippen LogP contribution >= 0.6 is 10.8 Å². The van der Waals surface area contributed by atoms with Crippen molar-refractivity contribution in [3.05, 3.63) is 0 Å². The first-order valence-corrected chi connectivity index (χ1v) is 3.99. The van der Waals surface area contributed by atoms with Crippen molar-refractivity contribution < 1.29 is 4.55 Å². The summed E-state index contributed by atoms with van der Waals surface area (Å²) in [6, 6.07) is 0. The fraction of sp³-hybridized carbons (Fsp3) is 1.00. The number of rotatable bonds is 0. The first kappa shape index (κ1) is 3.84. The third-order valence-corrected chi connectivity index (χ3v) is 3.59. The van der Waals surface area contributed by atoms with Gasteiger partial charge in [-0.15, -0.1) is 0 Å². The van der Waals surface area contributed by atoms with E-state index < -0.39 is 10.2 Å². The molecule has 0 bridgehead atoms. The fourth-order valence-corrected chi connectivity index (χ4v) is 1.29. The Morgan fingerprint density at radius 3 is 2.20 bits per heavy atom. The van der Waals surface area contributed by atoms with Crippen LogP contribution in [0.15, 0.2) is 0 Å². The molecule has 2 atom stereocenters. The van der Waals surface area contributed by atoms with Gasteiger partial charge in [-0.1, -0.05) is 0 Å². The quantitative estimate of drug-likeness (QED) is 0.259. The molecule has 3 heteroatoms. The van der Waals surface area contributed by atoms with Crippen molar-refractivity contribution in [3.8, 4) is 0 Å². The summed E-state index contributed by atoms with van der Waals surface area (Å²) in [5.41, 5.74) is 0. The van der Waals surface area contributed by atoms with Gasteiger partial charge in [-0.25, -0.2) is 0 Å². The summed E-state index contributed by atoms with van der Waals surface area (Å²) in [4.78, 5) is 0. The average molecular weight is 108 g/mol. The Bertz CT molecular complexity index is 40.9. The molecule has 0 aliphatic carbocycles. The van der Waals surface area contributed by atoms with E-state index in [1.807, 2.05) is 6.92 Å². The maximum atomic E-state index is 9.96. The topological polar surface area (TPSA) is 23.1 Å². The maximum Gasteiger partial charge on any atom is 0.217 e. The Morgan fingerprint density at radius 2 is 2.20 bits per heavy atom. The van der Waals surface area contributed by atoms with Crippen LogP contribution in [-0.2, 0) is 10.2 Å². The minimum atomic E-state index is -0.489. The SMILES string of the molecule is CC1S[S+]1[O-]. The highest BCUT2D eigenvalue weighted by Gasteiger charge is 2.40. The predicted octanol–water partition coefficient (Wildman–Crippen LogP) is 0.743. The lowest BCUT2D eigenvalue weighted by molar-refractivity contribution is 0.614. The molecule has 0 saturated carbocycles. The van der Waals surface area contributed by atoms with Crippen molar-refractivity contribution in [3.63, 3.8) is 0 Å². The van der Waals surface area contributed by atoms with Gasteiger partial charge in [0.05, 0.1) is 0 Å². The maximum absolute atomic E-state index is 9.96. The van der Waals surface area contributed by atoms with E-state index in [9.17, 15) is 4.55 Å². The monoisotopic (exact) mass is 108 g/mol. The summed E-state index contributed by atoms with van der Waals surface area (Å²) in [7, 11) is 1.03. The lowest BCUT2D eigenvalue weighted by atomic mass is 11.0. The molecular formula is C2H4OS2. The molecule has 0 aromatic carbocycles. The van der Waals surface area contributed by atoms with E-state index in [1.165, 1.54) is 10.8 Å². The minimum Gasteiger partial charge on any atom is -0.604 e. The summed E-state index contributed by atoms with van der Waals surface area (Å²) in [5.74, 6) is 0. The van der Waals surface area contributed by atoms with Gasteiger partial charge in [-0.05, 0) is 6.92 Å². The van der Waals surface area contributed by atoms with Crippen LogP contribution in [0.3, 0.4) is 0 Å². The van der Waals surface area contributed by atoms with Crippen LogP contribution < -0.4 is 0 Å². The summed E-state index contributed by atoms with van der Waals surface area (Å²) < 4.78 is 10.4. The van der Waals surface area contributed by atoms with E-state index >= 15 is 0 Å². The van der Waals surface area contributed by atoms with Crippen molar-refractivity contribution >= 4 is 21.0 Å². The van der Waals surface area contributed by atoms with Crippen LogP contribution in [0.5, 0.6) is 0 Å². The van der Waals surface area contributed by atoms with Crippen molar-refractivity contribution in [2.24, 2.45) is 0 Å². The minimum absolute atomic E-state index is 0.440. The summed E-state index contributed by atoms with van der Waals surface area (Å²) in [6.45, 7) is 1.96. The molecule has 1 saturated heterocycles. The molecule has 30 valence electrons. The van der Waals surface area contributed by atoms with E-state index in [2.05, 4.69) is 0 Å². The fourth-order valence-electron chi connectivity index (χ4n) is 0.111. The average Bonchev–Trinajstić information content (AvgIpc) is 1.79. The van der Waals surface area contributed by atoms with Gasteiger partial charge in [0, 0.05) is 10.2 Å². The predicted molar refractivity (Wildman–Crippen MR) is 25.2 cm³/mol. The molecule has 0 spiro atoms. The second kappa shape index (κ2) is 1.06. The molecule has 2 unspecified atom stereocenters. The van der Waals surface area contributed by atoms with Gasteiger partial charge >= 0.3 is 0 Å². The molecule has 5 heavy (non-hydrogen) atoms. The molecule has 0 aromatic rings. The molecule has 1 rings (SSSR count). The molecule has 1 fully saturated rings. The molecule has 0 N–H and O–H groups in total. The first-order valence-electron chi connectivity index (χ1n) is 1.38. The number of hydrogen-bond acceptors (Lipinski definition) is 2. The van der Waals surface area contributed by atoms with Gasteiger partial charge in [-0.3, -0.25) is 0 Å². The zero-order valence-corrected chi connectivity index (χ0v) is 4.44. The molecule has 0 amide bonds. The van der Waals surface area contributed by atoms with Crippen LogP contribution in [0.4, 0.5) is 0 Å². The highest BCUT2D eigenvalue weighted by Crippen LogP contribution is 2.43. The zero-order chi connectivity index (χ0) is 3.86. The summed E-state index contributed by atoms with van der Waals surface area (Å²) in [5, 5.41) is 0. The van der Waals surface area contributed by atoms with Gasteiger partial charge in [-0.2, -0.15) is 0 Å².